The molecule has 2 N–H and O–H groups in total. The fraction of sp³-hybridized carbons (Fsp3) is 0.545. The fourth-order valence-electron chi connectivity index (χ4n) is 1.63. The van der Waals surface area contributed by atoms with Crippen LogP contribution in [0.3, 0.4) is 0 Å². The van der Waals surface area contributed by atoms with Crippen LogP contribution < -0.4 is 10.6 Å². The minimum absolute atomic E-state index is 0. The van der Waals surface area contributed by atoms with Gasteiger partial charge in [-0.05, 0) is 30.5 Å². The van der Waals surface area contributed by atoms with Crippen LogP contribution in [0.15, 0.2) is 17.5 Å². The number of amides is 1. The Hall–Kier alpha value is -0.580. The van der Waals surface area contributed by atoms with Gasteiger partial charge in [0.25, 0.3) is 0 Å². The molecule has 1 saturated heterocycles. The van der Waals surface area contributed by atoms with E-state index in [9.17, 15) is 4.79 Å². The van der Waals surface area contributed by atoms with E-state index in [0.717, 1.165) is 13.1 Å². The summed E-state index contributed by atoms with van der Waals surface area (Å²) in [6.45, 7) is 4.64. The van der Waals surface area contributed by atoms with Crippen molar-refractivity contribution in [3.8, 4) is 0 Å². The second-order valence-corrected chi connectivity index (χ2v) is 5.04. The Labute approximate surface area is 106 Å². The summed E-state index contributed by atoms with van der Waals surface area (Å²) >= 11 is 1.68. The molecular weight excluding hydrogens is 244 g/mol. The monoisotopic (exact) mass is 260 g/mol. The van der Waals surface area contributed by atoms with Gasteiger partial charge in [0.05, 0.1) is 6.54 Å². The number of carbonyl (C=O) groups excluding carboxylic acids is 1. The van der Waals surface area contributed by atoms with Crippen LogP contribution in [0.4, 0.5) is 0 Å². The van der Waals surface area contributed by atoms with E-state index in [1.807, 2.05) is 24.4 Å². The Morgan fingerprint density at radius 3 is 2.94 bits per heavy atom. The molecule has 5 heteroatoms. The summed E-state index contributed by atoms with van der Waals surface area (Å²) in [5, 5.41) is 8.19. The second kappa shape index (κ2) is 6.23. The van der Waals surface area contributed by atoms with Gasteiger partial charge in [0.2, 0.25) is 5.91 Å². The second-order valence-electron chi connectivity index (χ2n) is 4.00. The van der Waals surface area contributed by atoms with E-state index in [1.54, 1.807) is 11.3 Å². The molecule has 0 spiro atoms. The average molecular weight is 261 g/mol. The summed E-state index contributed by atoms with van der Waals surface area (Å²) in [6.07, 6.45) is 0. The lowest BCUT2D eigenvalue weighted by Crippen LogP contribution is -2.49. The van der Waals surface area contributed by atoms with Crippen molar-refractivity contribution in [3.05, 3.63) is 22.4 Å². The van der Waals surface area contributed by atoms with Crippen molar-refractivity contribution in [3.63, 3.8) is 0 Å². The Bertz CT molecular complexity index is 325. The van der Waals surface area contributed by atoms with Crippen LogP contribution in [0, 0.1) is 11.8 Å². The third-order valence-corrected chi connectivity index (χ3v) is 3.83. The average Bonchev–Trinajstić information content (AvgIpc) is 2.63. The molecule has 0 saturated carbocycles. The summed E-state index contributed by atoms with van der Waals surface area (Å²) in [6, 6.07) is 4.05. The van der Waals surface area contributed by atoms with Gasteiger partial charge >= 0.3 is 0 Å². The molecule has 1 aliphatic heterocycles. The van der Waals surface area contributed by atoms with Gasteiger partial charge in [0, 0.05) is 10.8 Å². The van der Waals surface area contributed by atoms with E-state index in [4.69, 9.17) is 0 Å². The van der Waals surface area contributed by atoms with Crippen molar-refractivity contribution in [2.75, 3.05) is 13.1 Å². The highest BCUT2D eigenvalue weighted by atomic mass is 35.5. The van der Waals surface area contributed by atoms with Gasteiger partial charge in [-0.15, -0.1) is 23.7 Å². The number of halogens is 1. The molecule has 0 bridgehead atoms. The predicted molar refractivity (Wildman–Crippen MR) is 68.9 cm³/mol. The number of thiophene rings is 1. The van der Waals surface area contributed by atoms with E-state index < -0.39 is 0 Å². The van der Waals surface area contributed by atoms with Crippen LogP contribution in [-0.2, 0) is 11.3 Å². The number of hydrogen-bond acceptors (Lipinski definition) is 3. The molecule has 90 valence electrons. The van der Waals surface area contributed by atoms with Crippen molar-refractivity contribution in [2.24, 2.45) is 11.8 Å². The summed E-state index contributed by atoms with van der Waals surface area (Å²) in [4.78, 5) is 12.9. The van der Waals surface area contributed by atoms with Crippen LogP contribution in [0.5, 0.6) is 0 Å². The SMILES string of the molecule is CC(C(=O)NCc1cccs1)C1CNC1.Cl. The highest BCUT2D eigenvalue weighted by Crippen LogP contribution is 2.16. The zero-order valence-electron chi connectivity index (χ0n) is 9.23. The fourth-order valence-corrected chi connectivity index (χ4v) is 2.27. The molecule has 1 unspecified atom stereocenters. The van der Waals surface area contributed by atoms with Gasteiger partial charge in [-0.25, -0.2) is 0 Å². The Morgan fingerprint density at radius 2 is 2.44 bits per heavy atom. The lowest BCUT2D eigenvalue weighted by atomic mass is 9.88. The third kappa shape index (κ3) is 3.20. The first-order valence-corrected chi connectivity index (χ1v) is 6.16. The van der Waals surface area contributed by atoms with Crippen LogP contribution in [0.1, 0.15) is 11.8 Å². The van der Waals surface area contributed by atoms with E-state index in [-0.39, 0.29) is 24.2 Å². The molecule has 2 heterocycles. The van der Waals surface area contributed by atoms with Crippen LogP contribution in [0.25, 0.3) is 0 Å². The summed E-state index contributed by atoms with van der Waals surface area (Å²) < 4.78 is 0. The van der Waals surface area contributed by atoms with Gasteiger partial charge in [-0.2, -0.15) is 0 Å². The Kier molecular flexibility index (Phi) is 5.25. The van der Waals surface area contributed by atoms with Crippen LogP contribution in [-0.4, -0.2) is 19.0 Å². The quantitative estimate of drug-likeness (QED) is 0.864. The highest BCUT2D eigenvalue weighted by Gasteiger charge is 2.28. The Morgan fingerprint density at radius 1 is 1.69 bits per heavy atom. The molecule has 1 aromatic heterocycles. The van der Waals surface area contributed by atoms with Crippen molar-refractivity contribution >= 4 is 29.7 Å². The summed E-state index contributed by atoms with van der Waals surface area (Å²) in [5.41, 5.74) is 0. The van der Waals surface area contributed by atoms with Crippen molar-refractivity contribution in [2.45, 2.75) is 13.5 Å². The first-order valence-electron chi connectivity index (χ1n) is 5.28. The molecule has 0 aromatic carbocycles. The minimum atomic E-state index is 0. The molecule has 16 heavy (non-hydrogen) atoms. The maximum atomic E-state index is 11.7. The molecule has 0 aliphatic carbocycles. The van der Waals surface area contributed by atoms with E-state index in [2.05, 4.69) is 10.6 Å². The molecule has 3 nitrogen and oxygen atoms in total. The smallest absolute Gasteiger partial charge is 0.223 e. The van der Waals surface area contributed by atoms with E-state index in [0.29, 0.717) is 12.5 Å². The number of rotatable bonds is 4. The molecule has 1 fully saturated rings. The minimum Gasteiger partial charge on any atom is -0.351 e. The normalized spacial score (nSPS) is 17.1. The molecule has 1 aliphatic rings. The standard InChI is InChI=1S/C11H16N2OS.ClH/c1-8(9-5-12-6-9)11(14)13-7-10-3-2-4-15-10;/h2-4,8-9,12H,5-7H2,1H3,(H,13,14);1H. The van der Waals surface area contributed by atoms with Gasteiger partial charge in [0.15, 0.2) is 0 Å². The molecule has 1 amide bonds. The number of nitrogens with one attached hydrogen (secondary N) is 2. The van der Waals surface area contributed by atoms with Gasteiger partial charge in [0.1, 0.15) is 0 Å². The molecular formula is C11H17ClN2OS. The molecule has 1 aromatic rings. The Balaban J connectivity index is 0.00000128. The van der Waals surface area contributed by atoms with Crippen molar-refractivity contribution in [1.82, 2.24) is 10.6 Å². The third-order valence-electron chi connectivity index (χ3n) is 2.95. The first kappa shape index (κ1) is 13.5. The van der Waals surface area contributed by atoms with E-state index in [1.165, 1.54) is 4.88 Å². The van der Waals surface area contributed by atoms with Gasteiger partial charge in [-0.3, -0.25) is 4.79 Å². The van der Waals surface area contributed by atoms with Crippen molar-refractivity contribution in [1.29, 1.82) is 0 Å². The molecule has 0 radical (unpaired) electrons. The topological polar surface area (TPSA) is 41.1 Å². The zero-order chi connectivity index (χ0) is 10.7. The highest BCUT2D eigenvalue weighted by molar-refractivity contribution is 7.09. The van der Waals surface area contributed by atoms with Gasteiger partial charge < -0.3 is 10.6 Å². The van der Waals surface area contributed by atoms with E-state index >= 15 is 0 Å². The molecule has 2 rings (SSSR count). The lowest BCUT2D eigenvalue weighted by molar-refractivity contribution is -0.126. The number of carbonyl (C=O) groups is 1. The van der Waals surface area contributed by atoms with Crippen LogP contribution >= 0.6 is 23.7 Å². The lowest BCUT2D eigenvalue weighted by Gasteiger charge is -2.31. The van der Waals surface area contributed by atoms with Crippen molar-refractivity contribution < 1.29 is 4.79 Å². The summed E-state index contributed by atoms with van der Waals surface area (Å²) in [7, 11) is 0. The maximum absolute atomic E-state index is 11.7. The zero-order valence-corrected chi connectivity index (χ0v) is 10.9. The molecule has 1 atom stereocenters. The predicted octanol–water partition coefficient (Wildman–Crippen LogP) is 1.64. The maximum Gasteiger partial charge on any atom is 0.223 e. The van der Waals surface area contributed by atoms with Crippen LogP contribution in [0.2, 0.25) is 0 Å². The largest absolute Gasteiger partial charge is 0.351 e. The van der Waals surface area contributed by atoms with Gasteiger partial charge in [-0.1, -0.05) is 13.0 Å². The summed E-state index contributed by atoms with van der Waals surface area (Å²) in [5.74, 6) is 0.828. The first-order chi connectivity index (χ1) is 7.27. The number of hydrogen-bond donors (Lipinski definition) is 2.